The molecule has 7 heteroatoms. The van der Waals surface area contributed by atoms with Crippen molar-refractivity contribution in [1.82, 2.24) is 20.1 Å². The van der Waals surface area contributed by atoms with Crippen LogP contribution in [0.15, 0.2) is 48.7 Å². The Hall–Kier alpha value is -2.93. The van der Waals surface area contributed by atoms with Gasteiger partial charge in [0.25, 0.3) is 11.8 Å². The van der Waals surface area contributed by atoms with E-state index in [4.69, 9.17) is 4.74 Å². The number of nitrogens with one attached hydrogen (secondary N) is 1. The van der Waals surface area contributed by atoms with Crippen LogP contribution in [0.2, 0.25) is 0 Å². The van der Waals surface area contributed by atoms with Gasteiger partial charge in [-0.15, -0.1) is 0 Å². The summed E-state index contributed by atoms with van der Waals surface area (Å²) in [6.45, 7) is 4.26. The van der Waals surface area contributed by atoms with E-state index in [1.807, 2.05) is 4.90 Å². The predicted molar refractivity (Wildman–Crippen MR) is 102 cm³/mol. The summed E-state index contributed by atoms with van der Waals surface area (Å²) in [4.78, 5) is 32.7. The third-order valence-electron chi connectivity index (χ3n) is 4.61. The number of amides is 2. The van der Waals surface area contributed by atoms with Crippen molar-refractivity contribution < 1.29 is 14.3 Å². The highest BCUT2D eigenvalue weighted by molar-refractivity contribution is 5.94. The van der Waals surface area contributed by atoms with E-state index in [-0.39, 0.29) is 11.8 Å². The van der Waals surface area contributed by atoms with Gasteiger partial charge >= 0.3 is 0 Å². The van der Waals surface area contributed by atoms with Crippen LogP contribution in [-0.4, -0.2) is 73.0 Å². The second kappa shape index (κ2) is 9.14. The summed E-state index contributed by atoms with van der Waals surface area (Å²) in [6, 6.07) is 12.5. The van der Waals surface area contributed by atoms with Crippen LogP contribution < -0.4 is 10.1 Å². The van der Waals surface area contributed by atoms with Gasteiger partial charge in [0.2, 0.25) is 0 Å². The Kier molecular flexibility index (Phi) is 6.38. The Morgan fingerprint density at radius 3 is 2.44 bits per heavy atom. The maximum Gasteiger partial charge on any atom is 0.269 e. The minimum Gasteiger partial charge on any atom is -0.497 e. The number of nitrogens with zero attached hydrogens (tertiary/aromatic N) is 3. The average molecular weight is 368 g/mol. The normalized spacial score (nSPS) is 14.6. The summed E-state index contributed by atoms with van der Waals surface area (Å²) in [6.07, 6.45) is 1.61. The van der Waals surface area contributed by atoms with Gasteiger partial charge in [0.05, 0.1) is 7.11 Å². The van der Waals surface area contributed by atoms with E-state index in [2.05, 4.69) is 15.2 Å². The third-order valence-corrected chi connectivity index (χ3v) is 4.61. The third kappa shape index (κ3) is 5.04. The molecular formula is C20H24N4O3. The smallest absolute Gasteiger partial charge is 0.269 e. The number of hydrogen-bond donors (Lipinski definition) is 1. The van der Waals surface area contributed by atoms with Gasteiger partial charge in [-0.2, -0.15) is 0 Å². The molecule has 142 valence electrons. The highest BCUT2D eigenvalue weighted by atomic mass is 16.5. The number of aromatic nitrogens is 1. The number of methoxy groups -OCH3 is 1. The van der Waals surface area contributed by atoms with E-state index in [9.17, 15) is 9.59 Å². The molecule has 0 spiro atoms. The first-order valence-electron chi connectivity index (χ1n) is 9.02. The molecule has 2 heterocycles. The average Bonchev–Trinajstić information content (AvgIpc) is 2.74. The summed E-state index contributed by atoms with van der Waals surface area (Å²) >= 11 is 0. The highest BCUT2D eigenvalue weighted by Crippen LogP contribution is 2.14. The van der Waals surface area contributed by atoms with Crippen LogP contribution in [0, 0.1) is 0 Å². The van der Waals surface area contributed by atoms with Crippen LogP contribution in [0.5, 0.6) is 5.75 Å². The van der Waals surface area contributed by atoms with Crippen molar-refractivity contribution in [3.63, 3.8) is 0 Å². The fraction of sp³-hybridized carbons (Fsp3) is 0.350. The van der Waals surface area contributed by atoms with Gasteiger partial charge in [-0.3, -0.25) is 19.5 Å². The number of carbonyl (C=O) groups excluding carboxylic acids is 2. The highest BCUT2D eigenvalue weighted by Gasteiger charge is 2.22. The van der Waals surface area contributed by atoms with Crippen molar-refractivity contribution in [3.05, 3.63) is 59.9 Å². The lowest BCUT2D eigenvalue weighted by Gasteiger charge is -2.34. The molecule has 1 aromatic heterocycles. The molecule has 0 unspecified atom stereocenters. The summed E-state index contributed by atoms with van der Waals surface area (Å²) < 4.78 is 5.13. The van der Waals surface area contributed by atoms with Gasteiger partial charge < -0.3 is 15.0 Å². The molecule has 1 N–H and O–H groups in total. The van der Waals surface area contributed by atoms with E-state index in [1.165, 1.54) is 0 Å². The van der Waals surface area contributed by atoms with Crippen molar-refractivity contribution in [2.24, 2.45) is 0 Å². The fourth-order valence-corrected chi connectivity index (χ4v) is 3.01. The monoisotopic (exact) mass is 368 g/mol. The number of hydrogen-bond acceptors (Lipinski definition) is 5. The van der Waals surface area contributed by atoms with Gasteiger partial charge in [-0.05, 0) is 36.4 Å². The first-order chi connectivity index (χ1) is 13.2. The van der Waals surface area contributed by atoms with Crippen LogP contribution in [0.1, 0.15) is 20.8 Å². The summed E-state index contributed by atoms with van der Waals surface area (Å²) in [5, 5.41) is 2.88. The number of carbonyl (C=O) groups is 2. The quantitative estimate of drug-likeness (QED) is 0.831. The standard InChI is InChI=1S/C20H24N4O3/c1-27-17-7-5-16(6-8-17)20(26)24-14-12-23(13-15-24)11-10-22-19(25)18-4-2-3-9-21-18/h2-9H,10-15H2,1H3,(H,22,25). The number of piperazine rings is 1. The zero-order chi connectivity index (χ0) is 19.1. The van der Waals surface area contributed by atoms with E-state index in [1.54, 1.807) is 55.8 Å². The van der Waals surface area contributed by atoms with E-state index in [0.29, 0.717) is 30.9 Å². The second-order valence-corrected chi connectivity index (χ2v) is 6.33. The van der Waals surface area contributed by atoms with Gasteiger partial charge in [-0.1, -0.05) is 6.07 Å². The SMILES string of the molecule is COc1ccc(C(=O)N2CCN(CCNC(=O)c3ccccn3)CC2)cc1. The molecular weight excluding hydrogens is 344 g/mol. The molecule has 1 saturated heterocycles. The number of benzene rings is 1. The Bertz CT molecular complexity index is 757. The Morgan fingerprint density at radius 1 is 1.07 bits per heavy atom. The van der Waals surface area contributed by atoms with Gasteiger partial charge in [0.1, 0.15) is 11.4 Å². The van der Waals surface area contributed by atoms with Crippen LogP contribution in [-0.2, 0) is 0 Å². The van der Waals surface area contributed by atoms with Crippen molar-refractivity contribution in [3.8, 4) is 5.75 Å². The molecule has 1 aromatic carbocycles. The molecule has 0 atom stereocenters. The lowest BCUT2D eigenvalue weighted by molar-refractivity contribution is 0.0638. The van der Waals surface area contributed by atoms with E-state index in [0.717, 1.165) is 25.4 Å². The maximum absolute atomic E-state index is 12.6. The predicted octanol–water partition coefficient (Wildman–Crippen LogP) is 1.28. The topological polar surface area (TPSA) is 74.8 Å². The largest absolute Gasteiger partial charge is 0.497 e. The summed E-state index contributed by atoms with van der Waals surface area (Å²) in [7, 11) is 1.61. The van der Waals surface area contributed by atoms with Crippen molar-refractivity contribution in [2.45, 2.75) is 0 Å². The molecule has 0 radical (unpaired) electrons. The molecule has 27 heavy (non-hydrogen) atoms. The molecule has 3 rings (SSSR count). The molecule has 0 bridgehead atoms. The Balaban J connectivity index is 1.40. The minimum atomic E-state index is -0.163. The zero-order valence-corrected chi connectivity index (χ0v) is 15.4. The fourth-order valence-electron chi connectivity index (χ4n) is 3.01. The molecule has 1 aliphatic rings. The summed E-state index contributed by atoms with van der Waals surface area (Å²) in [5.74, 6) is 0.619. The Morgan fingerprint density at radius 2 is 1.81 bits per heavy atom. The van der Waals surface area contributed by atoms with E-state index >= 15 is 0 Å². The molecule has 2 amide bonds. The second-order valence-electron chi connectivity index (χ2n) is 6.33. The molecule has 0 aliphatic carbocycles. The van der Waals surface area contributed by atoms with Gasteiger partial charge in [0.15, 0.2) is 0 Å². The molecule has 7 nitrogen and oxygen atoms in total. The van der Waals surface area contributed by atoms with Crippen molar-refractivity contribution in [2.75, 3.05) is 46.4 Å². The number of pyridine rings is 1. The van der Waals surface area contributed by atoms with Gasteiger partial charge in [0, 0.05) is 51.0 Å². The van der Waals surface area contributed by atoms with Crippen molar-refractivity contribution >= 4 is 11.8 Å². The van der Waals surface area contributed by atoms with Crippen LogP contribution in [0.3, 0.4) is 0 Å². The van der Waals surface area contributed by atoms with Gasteiger partial charge in [-0.25, -0.2) is 0 Å². The van der Waals surface area contributed by atoms with E-state index < -0.39 is 0 Å². The minimum absolute atomic E-state index is 0.0424. The van der Waals surface area contributed by atoms with Crippen LogP contribution in [0.4, 0.5) is 0 Å². The lowest BCUT2D eigenvalue weighted by Crippen LogP contribution is -2.50. The first-order valence-corrected chi connectivity index (χ1v) is 9.02. The van der Waals surface area contributed by atoms with Crippen LogP contribution in [0.25, 0.3) is 0 Å². The lowest BCUT2D eigenvalue weighted by atomic mass is 10.1. The summed E-state index contributed by atoms with van der Waals surface area (Å²) in [5.41, 5.74) is 1.10. The number of ether oxygens (including phenoxy) is 1. The van der Waals surface area contributed by atoms with Crippen molar-refractivity contribution in [1.29, 1.82) is 0 Å². The first kappa shape index (κ1) is 18.8. The molecule has 1 aliphatic heterocycles. The van der Waals surface area contributed by atoms with Crippen LogP contribution >= 0.6 is 0 Å². The molecule has 2 aromatic rings. The number of rotatable bonds is 6. The Labute approximate surface area is 158 Å². The molecule has 0 saturated carbocycles. The molecule has 1 fully saturated rings. The zero-order valence-electron chi connectivity index (χ0n) is 15.4. The maximum atomic E-state index is 12.6.